The Morgan fingerprint density at radius 3 is 1.00 bits per heavy atom. The van der Waals surface area contributed by atoms with Gasteiger partial charge in [0.2, 0.25) is 0 Å². The van der Waals surface area contributed by atoms with Crippen molar-refractivity contribution in [2.24, 2.45) is 0 Å². The highest BCUT2D eigenvalue weighted by Gasteiger charge is 2.19. The first-order chi connectivity index (χ1) is 30.5. The van der Waals surface area contributed by atoms with Crippen LogP contribution in [0.4, 0.5) is 0 Å². The van der Waals surface area contributed by atoms with Crippen LogP contribution in [0.5, 0.6) is 0 Å². The van der Waals surface area contributed by atoms with Gasteiger partial charge >= 0.3 is 17.9 Å². The Morgan fingerprint density at radius 2 is 0.597 bits per heavy atom. The van der Waals surface area contributed by atoms with E-state index in [4.69, 9.17) is 14.2 Å². The number of carbonyl (C=O) groups is 3. The van der Waals surface area contributed by atoms with Gasteiger partial charge < -0.3 is 14.2 Å². The van der Waals surface area contributed by atoms with E-state index in [2.05, 4.69) is 93.7 Å². The molecule has 0 aliphatic carbocycles. The van der Waals surface area contributed by atoms with Crippen molar-refractivity contribution in [1.29, 1.82) is 0 Å². The van der Waals surface area contributed by atoms with Crippen molar-refractivity contribution < 1.29 is 28.6 Å². The van der Waals surface area contributed by atoms with E-state index in [1.807, 2.05) is 0 Å². The fraction of sp³-hybridized carbons (Fsp3) is 0.732. The number of hydrogen-bond acceptors (Lipinski definition) is 6. The van der Waals surface area contributed by atoms with E-state index in [0.29, 0.717) is 19.3 Å². The zero-order valence-corrected chi connectivity index (χ0v) is 40.6. The number of esters is 3. The summed E-state index contributed by atoms with van der Waals surface area (Å²) in [7, 11) is 0. The molecule has 0 saturated carbocycles. The van der Waals surface area contributed by atoms with Gasteiger partial charge in [-0.3, -0.25) is 14.4 Å². The topological polar surface area (TPSA) is 78.9 Å². The van der Waals surface area contributed by atoms with Crippen LogP contribution in [0.1, 0.15) is 245 Å². The molecule has 0 spiro atoms. The highest BCUT2D eigenvalue weighted by molar-refractivity contribution is 5.71. The Balaban J connectivity index is 4.47. The largest absolute Gasteiger partial charge is 0.462 e. The maximum absolute atomic E-state index is 12.8. The molecule has 0 aromatic heterocycles. The lowest BCUT2D eigenvalue weighted by Crippen LogP contribution is -2.30. The molecule has 62 heavy (non-hydrogen) atoms. The van der Waals surface area contributed by atoms with Gasteiger partial charge in [-0.1, -0.05) is 209 Å². The van der Waals surface area contributed by atoms with Gasteiger partial charge in [-0.15, -0.1) is 0 Å². The highest BCUT2D eigenvalue weighted by Crippen LogP contribution is 2.14. The molecule has 0 aliphatic heterocycles. The second kappa shape index (κ2) is 50.5. The number of rotatable bonds is 46. The molecule has 0 aliphatic rings. The molecule has 0 radical (unpaired) electrons. The quantitative estimate of drug-likeness (QED) is 0.0262. The van der Waals surface area contributed by atoms with Crippen molar-refractivity contribution in [2.75, 3.05) is 13.2 Å². The standard InChI is InChI=1S/C56H96O6/c1-4-7-10-13-16-19-22-25-27-28-30-32-35-37-40-43-46-49-55(58)61-52-53(62-56(59)50-47-44-41-38-33-24-21-18-15-12-9-6-3)51-60-54(57)48-45-42-39-36-34-31-29-26-23-20-17-14-11-8-5-2/h16-17,19-20,25-27,29-30,32,37,40,53H,4-15,18,21-24,28,31,33-36,38-39,41-52H2,1-3H3/b19-16-,20-17-,27-25-,29-26-,32-30-,40-37-/t53-/m0/s1. The summed E-state index contributed by atoms with van der Waals surface area (Å²) in [6.07, 6.45) is 63.1. The molecule has 0 bridgehead atoms. The monoisotopic (exact) mass is 865 g/mol. The lowest BCUT2D eigenvalue weighted by atomic mass is 10.0. The molecule has 0 heterocycles. The first-order valence-electron chi connectivity index (χ1n) is 25.9. The van der Waals surface area contributed by atoms with E-state index >= 15 is 0 Å². The Morgan fingerprint density at radius 1 is 0.323 bits per heavy atom. The van der Waals surface area contributed by atoms with Gasteiger partial charge in [-0.2, -0.15) is 0 Å². The van der Waals surface area contributed by atoms with Crippen LogP contribution in [0.3, 0.4) is 0 Å². The zero-order valence-electron chi connectivity index (χ0n) is 40.6. The Kier molecular flexibility index (Phi) is 47.9. The minimum Gasteiger partial charge on any atom is -0.462 e. The Bertz CT molecular complexity index is 1180. The predicted molar refractivity (Wildman–Crippen MR) is 265 cm³/mol. The van der Waals surface area contributed by atoms with E-state index in [1.54, 1.807) is 0 Å². The van der Waals surface area contributed by atoms with Crippen molar-refractivity contribution in [1.82, 2.24) is 0 Å². The van der Waals surface area contributed by atoms with Crippen LogP contribution < -0.4 is 0 Å². The first kappa shape index (κ1) is 58.9. The van der Waals surface area contributed by atoms with E-state index in [-0.39, 0.29) is 37.5 Å². The minimum atomic E-state index is -0.800. The SMILES string of the molecule is CCCCC/C=C\C/C=C\C/C=C\C/C=C\CCCC(=O)OC[C@H](COC(=O)CCCCCCC/C=C\C/C=C\CCCCC)OC(=O)CCCCCCCCCCCCCC. The molecule has 0 N–H and O–H groups in total. The van der Waals surface area contributed by atoms with Gasteiger partial charge in [0.1, 0.15) is 13.2 Å². The van der Waals surface area contributed by atoms with Gasteiger partial charge in [0.25, 0.3) is 0 Å². The second-order valence-corrected chi connectivity index (χ2v) is 17.1. The maximum atomic E-state index is 12.8. The number of ether oxygens (including phenoxy) is 3. The molecule has 6 nitrogen and oxygen atoms in total. The van der Waals surface area contributed by atoms with E-state index < -0.39 is 6.10 Å². The van der Waals surface area contributed by atoms with Gasteiger partial charge in [-0.05, 0) is 89.9 Å². The van der Waals surface area contributed by atoms with Crippen LogP contribution in [0.2, 0.25) is 0 Å². The van der Waals surface area contributed by atoms with E-state index in [9.17, 15) is 14.4 Å². The number of hydrogen-bond donors (Lipinski definition) is 0. The fourth-order valence-electron chi connectivity index (χ4n) is 6.99. The van der Waals surface area contributed by atoms with Gasteiger partial charge in [0.15, 0.2) is 6.10 Å². The van der Waals surface area contributed by atoms with Crippen molar-refractivity contribution in [2.45, 2.75) is 252 Å². The molecule has 0 rings (SSSR count). The van der Waals surface area contributed by atoms with Gasteiger partial charge in [0.05, 0.1) is 0 Å². The third kappa shape index (κ3) is 47.9. The van der Waals surface area contributed by atoms with Gasteiger partial charge in [0, 0.05) is 19.3 Å². The summed E-state index contributed by atoms with van der Waals surface area (Å²) in [5.41, 5.74) is 0. The summed E-state index contributed by atoms with van der Waals surface area (Å²) in [5.74, 6) is -0.967. The second-order valence-electron chi connectivity index (χ2n) is 17.1. The average Bonchev–Trinajstić information content (AvgIpc) is 3.27. The normalized spacial score (nSPS) is 12.6. The van der Waals surface area contributed by atoms with Crippen LogP contribution >= 0.6 is 0 Å². The van der Waals surface area contributed by atoms with E-state index in [1.165, 1.54) is 109 Å². The molecule has 0 aromatic carbocycles. The van der Waals surface area contributed by atoms with Crippen LogP contribution in [0.15, 0.2) is 72.9 Å². The number of carbonyl (C=O) groups excluding carboxylic acids is 3. The zero-order chi connectivity index (χ0) is 45.1. The Hall–Kier alpha value is -3.15. The molecular formula is C56H96O6. The van der Waals surface area contributed by atoms with Crippen molar-refractivity contribution >= 4 is 17.9 Å². The summed E-state index contributed by atoms with van der Waals surface area (Å²) in [6, 6.07) is 0. The van der Waals surface area contributed by atoms with Crippen LogP contribution in [-0.2, 0) is 28.6 Å². The molecule has 0 saturated heterocycles. The fourth-order valence-corrected chi connectivity index (χ4v) is 6.99. The highest BCUT2D eigenvalue weighted by atomic mass is 16.6. The number of allylic oxidation sites excluding steroid dienone is 12. The first-order valence-corrected chi connectivity index (χ1v) is 25.9. The summed E-state index contributed by atoms with van der Waals surface area (Å²) in [4.78, 5) is 37.9. The van der Waals surface area contributed by atoms with Crippen LogP contribution in [-0.4, -0.2) is 37.2 Å². The molecule has 0 fully saturated rings. The third-order valence-corrected chi connectivity index (χ3v) is 10.9. The number of unbranched alkanes of at least 4 members (excludes halogenated alkanes) is 23. The molecule has 1 atom stereocenters. The van der Waals surface area contributed by atoms with Crippen LogP contribution in [0, 0.1) is 0 Å². The summed E-state index contributed by atoms with van der Waals surface area (Å²) >= 11 is 0. The van der Waals surface area contributed by atoms with Crippen molar-refractivity contribution in [3.05, 3.63) is 72.9 Å². The van der Waals surface area contributed by atoms with Gasteiger partial charge in [-0.25, -0.2) is 0 Å². The molecule has 356 valence electrons. The van der Waals surface area contributed by atoms with Crippen molar-refractivity contribution in [3.8, 4) is 0 Å². The molecule has 0 aromatic rings. The molecule has 0 amide bonds. The third-order valence-electron chi connectivity index (χ3n) is 10.9. The van der Waals surface area contributed by atoms with Crippen molar-refractivity contribution in [3.63, 3.8) is 0 Å². The lowest BCUT2D eigenvalue weighted by Gasteiger charge is -2.18. The lowest BCUT2D eigenvalue weighted by molar-refractivity contribution is -0.167. The molecule has 0 unspecified atom stereocenters. The molecular weight excluding hydrogens is 769 g/mol. The summed E-state index contributed by atoms with van der Waals surface area (Å²) < 4.78 is 16.7. The molecule has 6 heteroatoms. The maximum Gasteiger partial charge on any atom is 0.306 e. The summed E-state index contributed by atoms with van der Waals surface area (Å²) in [5, 5.41) is 0. The minimum absolute atomic E-state index is 0.0984. The predicted octanol–water partition coefficient (Wildman–Crippen LogP) is 17.0. The Labute approximate surface area is 382 Å². The van der Waals surface area contributed by atoms with E-state index in [0.717, 1.165) is 89.9 Å². The van der Waals surface area contributed by atoms with Crippen LogP contribution in [0.25, 0.3) is 0 Å². The summed E-state index contributed by atoms with van der Waals surface area (Å²) in [6.45, 7) is 6.52. The average molecular weight is 865 g/mol. The smallest absolute Gasteiger partial charge is 0.306 e.